The lowest BCUT2D eigenvalue weighted by Gasteiger charge is -2.13. The van der Waals surface area contributed by atoms with Gasteiger partial charge in [0.15, 0.2) is 0 Å². The fraction of sp³-hybridized carbons (Fsp3) is 0.385. The fourth-order valence-corrected chi connectivity index (χ4v) is 3.07. The second-order valence-electron chi connectivity index (χ2n) is 4.55. The molecule has 2 heterocycles. The summed E-state index contributed by atoms with van der Waals surface area (Å²) >= 11 is 3.61. The van der Waals surface area contributed by atoms with E-state index in [0.717, 1.165) is 35.1 Å². The lowest BCUT2D eigenvalue weighted by molar-refractivity contribution is 0.244. The summed E-state index contributed by atoms with van der Waals surface area (Å²) in [5, 5.41) is 10.6. The molecule has 0 saturated carbocycles. The number of aliphatic hydroxyl groups excluding tert-OH is 1. The molecule has 0 bridgehead atoms. The van der Waals surface area contributed by atoms with Gasteiger partial charge < -0.3 is 14.4 Å². The van der Waals surface area contributed by atoms with Crippen LogP contribution in [0.5, 0.6) is 0 Å². The van der Waals surface area contributed by atoms with Crippen LogP contribution in [0, 0.1) is 0 Å². The third kappa shape index (κ3) is 1.71. The van der Waals surface area contributed by atoms with Crippen molar-refractivity contribution in [3.63, 3.8) is 0 Å². The van der Waals surface area contributed by atoms with E-state index in [-0.39, 0.29) is 6.61 Å². The van der Waals surface area contributed by atoms with Crippen LogP contribution >= 0.6 is 15.9 Å². The molecule has 0 radical (unpaired) electrons. The molecule has 4 heteroatoms. The predicted octanol–water partition coefficient (Wildman–Crippen LogP) is 2.68. The van der Waals surface area contributed by atoms with Crippen LogP contribution in [0.3, 0.4) is 0 Å². The highest BCUT2D eigenvalue weighted by atomic mass is 79.9. The Morgan fingerprint density at radius 2 is 2.24 bits per heavy atom. The van der Waals surface area contributed by atoms with Gasteiger partial charge in [-0.2, -0.15) is 0 Å². The van der Waals surface area contributed by atoms with E-state index in [0.29, 0.717) is 5.76 Å². The topological polar surface area (TPSA) is 36.6 Å². The third-order valence-corrected chi connectivity index (χ3v) is 4.15. The highest BCUT2D eigenvalue weighted by Crippen LogP contribution is 2.36. The number of rotatable bonds is 1. The molecule has 1 aromatic heterocycles. The summed E-state index contributed by atoms with van der Waals surface area (Å²) in [5.74, 6) is 0.702. The lowest BCUT2D eigenvalue weighted by atomic mass is 10.0. The van der Waals surface area contributed by atoms with Crippen molar-refractivity contribution in [1.29, 1.82) is 0 Å². The molecule has 17 heavy (non-hydrogen) atoms. The molecule has 90 valence electrons. The number of hydrogen-bond donors (Lipinski definition) is 1. The minimum Gasteiger partial charge on any atom is -0.458 e. The van der Waals surface area contributed by atoms with Crippen LogP contribution in [-0.2, 0) is 19.6 Å². The van der Waals surface area contributed by atoms with Gasteiger partial charge >= 0.3 is 0 Å². The number of furan rings is 1. The largest absolute Gasteiger partial charge is 0.458 e. The van der Waals surface area contributed by atoms with Gasteiger partial charge in [0.25, 0.3) is 0 Å². The van der Waals surface area contributed by atoms with Crippen molar-refractivity contribution in [2.24, 2.45) is 0 Å². The Bertz CT molecular complexity index is 576. The highest BCUT2D eigenvalue weighted by molar-refractivity contribution is 9.10. The highest BCUT2D eigenvalue weighted by Gasteiger charge is 2.22. The number of hydrogen-bond acceptors (Lipinski definition) is 3. The van der Waals surface area contributed by atoms with Gasteiger partial charge in [0.1, 0.15) is 18.0 Å². The van der Waals surface area contributed by atoms with Gasteiger partial charge in [0, 0.05) is 28.5 Å². The van der Waals surface area contributed by atoms with E-state index in [4.69, 9.17) is 4.42 Å². The van der Waals surface area contributed by atoms with Crippen LogP contribution < -0.4 is 0 Å². The van der Waals surface area contributed by atoms with Crippen molar-refractivity contribution in [3.05, 3.63) is 33.5 Å². The zero-order chi connectivity index (χ0) is 12.0. The minimum absolute atomic E-state index is 0.0328. The number of halogens is 1. The van der Waals surface area contributed by atoms with Gasteiger partial charge in [-0.25, -0.2) is 0 Å². The Balaban J connectivity index is 2.35. The van der Waals surface area contributed by atoms with Crippen molar-refractivity contribution in [2.75, 3.05) is 13.6 Å². The molecule has 0 saturated heterocycles. The monoisotopic (exact) mass is 295 g/mol. The maximum Gasteiger partial charge on any atom is 0.135 e. The summed E-state index contributed by atoms with van der Waals surface area (Å²) < 4.78 is 6.85. The molecule has 0 amide bonds. The quantitative estimate of drug-likeness (QED) is 0.879. The van der Waals surface area contributed by atoms with E-state index >= 15 is 0 Å². The predicted molar refractivity (Wildman–Crippen MR) is 69.9 cm³/mol. The van der Waals surface area contributed by atoms with Crippen molar-refractivity contribution in [1.82, 2.24) is 4.90 Å². The Morgan fingerprint density at radius 1 is 1.41 bits per heavy atom. The zero-order valence-electron chi connectivity index (χ0n) is 9.66. The molecule has 1 N–H and O–H groups in total. The van der Waals surface area contributed by atoms with Gasteiger partial charge in [0.2, 0.25) is 0 Å². The molecule has 2 aromatic rings. The molecule has 0 atom stereocenters. The first-order valence-corrected chi connectivity index (χ1v) is 6.51. The third-order valence-electron chi connectivity index (χ3n) is 3.40. The first-order chi connectivity index (χ1) is 8.20. The summed E-state index contributed by atoms with van der Waals surface area (Å²) in [4.78, 5) is 2.26. The lowest BCUT2D eigenvalue weighted by Crippen LogP contribution is -2.19. The van der Waals surface area contributed by atoms with Crippen LogP contribution in [0.25, 0.3) is 11.0 Å². The van der Waals surface area contributed by atoms with Gasteiger partial charge in [-0.05, 0) is 31.2 Å². The van der Waals surface area contributed by atoms with E-state index in [9.17, 15) is 5.11 Å². The zero-order valence-corrected chi connectivity index (χ0v) is 11.2. The summed E-state index contributed by atoms with van der Waals surface area (Å²) in [7, 11) is 2.10. The molecule has 0 spiro atoms. The molecule has 1 aromatic carbocycles. The SMILES string of the molecule is CN1CCc2c(Br)ccc3oc(CO)c(c23)C1. The van der Waals surface area contributed by atoms with Crippen molar-refractivity contribution < 1.29 is 9.52 Å². The normalized spacial score (nSPS) is 16.4. The second kappa shape index (κ2) is 4.12. The molecule has 1 aliphatic rings. The first kappa shape index (κ1) is 11.3. The molecule has 0 fully saturated rings. The first-order valence-electron chi connectivity index (χ1n) is 5.71. The maximum atomic E-state index is 9.39. The average molecular weight is 296 g/mol. The van der Waals surface area contributed by atoms with Crippen molar-refractivity contribution in [2.45, 2.75) is 19.6 Å². The second-order valence-corrected chi connectivity index (χ2v) is 5.40. The number of likely N-dealkylation sites (N-methyl/N-ethyl adjacent to an activating group) is 1. The Hall–Kier alpha value is -0.840. The molecular weight excluding hydrogens is 282 g/mol. The Morgan fingerprint density at radius 3 is 3.00 bits per heavy atom. The fourth-order valence-electron chi connectivity index (χ4n) is 2.54. The number of benzene rings is 1. The van der Waals surface area contributed by atoms with Crippen molar-refractivity contribution in [3.8, 4) is 0 Å². The summed E-state index contributed by atoms with van der Waals surface area (Å²) in [6, 6.07) is 3.99. The van der Waals surface area contributed by atoms with E-state index in [2.05, 4.69) is 27.9 Å². The van der Waals surface area contributed by atoms with Gasteiger partial charge in [-0.15, -0.1) is 0 Å². The summed E-state index contributed by atoms with van der Waals surface area (Å²) in [6.07, 6.45) is 1.01. The summed E-state index contributed by atoms with van der Waals surface area (Å²) in [6.45, 7) is 1.83. The molecule has 3 nitrogen and oxygen atoms in total. The standard InChI is InChI=1S/C13H14BrNO2/c1-15-5-4-8-10(14)2-3-11-13(8)9(6-15)12(7-16)17-11/h2-3,16H,4-7H2,1H3. The van der Waals surface area contributed by atoms with Gasteiger partial charge in [-0.1, -0.05) is 15.9 Å². The number of nitrogens with zero attached hydrogens (tertiary/aromatic N) is 1. The van der Waals surface area contributed by atoms with Crippen LogP contribution in [0.2, 0.25) is 0 Å². The Labute approximate surface area is 108 Å². The molecular formula is C13H14BrNO2. The van der Waals surface area contributed by atoms with Crippen LogP contribution in [-0.4, -0.2) is 23.6 Å². The maximum absolute atomic E-state index is 9.39. The molecule has 0 unspecified atom stereocenters. The summed E-state index contributed by atoms with van der Waals surface area (Å²) in [5.41, 5.74) is 3.32. The van der Waals surface area contributed by atoms with E-state index in [1.54, 1.807) is 0 Å². The molecule has 0 aliphatic carbocycles. The van der Waals surface area contributed by atoms with Crippen molar-refractivity contribution >= 4 is 26.9 Å². The smallest absolute Gasteiger partial charge is 0.135 e. The average Bonchev–Trinajstić information content (AvgIpc) is 2.56. The van der Waals surface area contributed by atoms with E-state index in [1.807, 2.05) is 12.1 Å². The Kier molecular flexibility index (Phi) is 2.73. The van der Waals surface area contributed by atoms with Gasteiger partial charge in [-0.3, -0.25) is 0 Å². The van der Waals surface area contributed by atoms with Crippen LogP contribution in [0.4, 0.5) is 0 Å². The van der Waals surface area contributed by atoms with E-state index < -0.39 is 0 Å². The van der Waals surface area contributed by atoms with Crippen LogP contribution in [0.15, 0.2) is 21.0 Å². The number of aliphatic hydroxyl groups is 1. The minimum atomic E-state index is -0.0328. The van der Waals surface area contributed by atoms with Crippen LogP contribution in [0.1, 0.15) is 16.9 Å². The van der Waals surface area contributed by atoms with Gasteiger partial charge in [0.05, 0.1) is 0 Å². The van der Waals surface area contributed by atoms with E-state index in [1.165, 1.54) is 10.9 Å². The molecule has 3 rings (SSSR count). The molecule has 1 aliphatic heterocycles.